The molecule has 1 aliphatic rings. The average molecular weight is 449 g/mol. The van der Waals surface area contributed by atoms with Gasteiger partial charge in [0, 0.05) is 6.04 Å². The normalized spacial score (nSPS) is 17.4. The molecular weight excluding hydrogens is 423 g/mol. The zero-order valence-electron chi connectivity index (χ0n) is 18.1. The molecule has 0 radical (unpaired) electrons. The van der Waals surface area contributed by atoms with Gasteiger partial charge in [0.1, 0.15) is 11.8 Å². The first-order valence-electron chi connectivity index (χ1n) is 10.3. The lowest BCUT2D eigenvalue weighted by molar-refractivity contribution is -0.158. The molecule has 0 spiro atoms. The van der Waals surface area contributed by atoms with E-state index in [9.17, 15) is 22.8 Å². The second kappa shape index (κ2) is 9.60. The van der Waals surface area contributed by atoms with Crippen LogP contribution in [0.25, 0.3) is 0 Å². The van der Waals surface area contributed by atoms with Crippen LogP contribution in [-0.2, 0) is 9.59 Å². The molecule has 3 rings (SSSR count). The van der Waals surface area contributed by atoms with E-state index in [4.69, 9.17) is 4.74 Å². The standard InChI is InChI=1S/C23H26F3N3O3/c1-4-28(15(2)16-8-7-9-17(12-16)32-3)14-22(31)29-19-11-6-5-10-18(19)27-21(30)13-20(29)23(24,25)26/h5-12,15,20H,4,13-14H2,1-3H3,(H,27,30). The smallest absolute Gasteiger partial charge is 0.409 e. The van der Waals surface area contributed by atoms with Crippen LogP contribution in [-0.4, -0.2) is 49.1 Å². The van der Waals surface area contributed by atoms with Crippen LogP contribution >= 0.6 is 0 Å². The minimum atomic E-state index is -4.76. The number of carbonyl (C=O) groups excluding carboxylic acids is 2. The van der Waals surface area contributed by atoms with Crippen LogP contribution in [0, 0.1) is 0 Å². The molecule has 1 heterocycles. The summed E-state index contributed by atoms with van der Waals surface area (Å²) in [5.74, 6) is -0.861. The number of amides is 2. The van der Waals surface area contributed by atoms with Crippen molar-refractivity contribution in [2.45, 2.75) is 38.5 Å². The summed E-state index contributed by atoms with van der Waals surface area (Å²) in [5, 5.41) is 2.48. The molecule has 2 unspecified atom stereocenters. The number of methoxy groups -OCH3 is 1. The molecule has 1 N–H and O–H groups in total. The molecule has 172 valence electrons. The van der Waals surface area contributed by atoms with E-state index in [1.165, 1.54) is 12.1 Å². The fraction of sp³-hybridized carbons (Fsp3) is 0.391. The van der Waals surface area contributed by atoms with Crippen molar-refractivity contribution in [2.75, 3.05) is 30.4 Å². The zero-order chi connectivity index (χ0) is 23.5. The van der Waals surface area contributed by atoms with E-state index in [1.54, 1.807) is 30.2 Å². The van der Waals surface area contributed by atoms with Crippen LogP contribution in [0.3, 0.4) is 0 Å². The van der Waals surface area contributed by atoms with Gasteiger partial charge in [0.25, 0.3) is 0 Å². The molecular formula is C23H26F3N3O3. The summed E-state index contributed by atoms with van der Waals surface area (Å²) >= 11 is 0. The molecule has 0 aliphatic carbocycles. The summed E-state index contributed by atoms with van der Waals surface area (Å²) in [6, 6.07) is 10.9. The van der Waals surface area contributed by atoms with Crippen LogP contribution < -0.4 is 15.0 Å². The maximum absolute atomic E-state index is 13.9. The molecule has 0 saturated heterocycles. The van der Waals surface area contributed by atoms with Crippen LogP contribution in [0.2, 0.25) is 0 Å². The molecule has 1 aliphatic heterocycles. The van der Waals surface area contributed by atoms with Crippen molar-refractivity contribution in [3.8, 4) is 5.75 Å². The third-order valence-electron chi connectivity index (χ3n) is 5.64. The van der Waals surface area contributed by atoms with Gasteiger partial charge in [0.05, 0.1) is 31.5 Å². The lowest BCUT2D eigenvalue weighted by Gasteiger charge is -2.35. The Kier molecular flexibility index (Phi) is 7.08. The van der Waals surface area contributed by atoms with E-state index in [2.05, 4.69) is 5.32 Å². The summed E-state index contributed by atoms with van der Waals surface area (Å²) in [6.07, 6.45) is -5.62. The van der Waals surface area contributed by atoms with Gasteiger partial charge in [0.15, 0.2) is 0 Å². The maximum Gasteiger partial charge on any atom is 0.409 e. The Morgan fingerprint density at radius 2 is 1.97 bits per heavy atom. The van der Waals surface area contributed by atoms with Crippen molar-refractivity contribution in [1.29, 1.82) is 0 Å². The van der Waals surface area contributed by atoms with Crippen LogP contribution in [0.1, 0.15) is 31.9 Å². The van der Waals surface area contributed by atoms with Crippen molar-refractivity contribution >= 4 is 23.2 Å². The highest BCUT2D eigenvalue weighted by atomic mass is 19.4. The number of carbonyl (C=O) groups is 2. The SMILES string of the molecule is CCN(CC(=O)N1c2ccccc2NC(=O)CC1C(F)(F)F)C(C)c1cccc(OC)c1. The molecule has 32 heavy (non-hydrogen) atoms. The predicted octanol–water partition coefficient (Wildman–Crippen LogP) is 4.38. The van der Waals surface area contributed by atoms with Crippen LogP contribution in [0.4, 0.5) is 24.5 Å². The fourth-order valence-corrected chi connectivity index (χ4v) is 3.88. The highest BCUT2D eigenvalue weighted by Gasteiger charge is 2.49. The number of para-hydroxylation sites is 2. The molecule has 6 nitrogen and oxygen atoms in total. The molecule has 2 atom stereocenters. The first-order chi connectivity index (χ1) is 15.2. The summed E-state index contributed by atoms with van der Waals surface area (Å²) in [5.41, 5.74) is 1.09. The number of alkyl halides is 3. The van der Waals surface area contributed by atoms with E-state index >= 15 is 0 Å². The van der Waals surface area contributed by atoms with Gasteiger partial charge in [0.2, 0.25) is 11.8 Å². The molecule has 0 bridgehead atoms. The molecule has 0 aromatic heterocycles. The van der Waals surface area contributed by atoms with E-state index < -0.39 is 30.5 Å². The monoisotopic (exact) mass is 449 g/mol. The van der Waals surface area contributed by atoms with Crippen molar-refractivity contribution in [3.63, 3.8) is 0 Å². The van der Waals surface area contributed by atoms with Gasteiger partial charge < -0.3 is 10.1 Å². The van der Waals surface area contributed by atoms with Crippen molar-refractivity contribution in [2.24, 2.45) is 0 Å². The van der Waals surface area contributed by atoms with Gasteiger partial charge in [-0.3, -0.25) is 19.4 Å². The summed E-state index contributed by atoms with van der Waals surface area (Å²) in [6.45, 7) is 3.92. The van der Waals surface area contributed by atoms with Crippen LogP contribution in [0.15, 0.2) is 48.5 Å². The summed E-state index contributed by atoms with van der Waals surface area (Å²) < 4.78 is 47.0. The first kappa shape index (κ1) is 23.6. The van der Waals surface area contributed by atoms with Crippen LogP contribution in [0.5, 0.6) is 5.75 Å². The Morgan fingerprint density at radius 1 is 1.25 bits per heavy atom. The second-order valence-corrected chi connectivity index (χ2v) is 7.61. The Labute approximate surface area is 184 Å². The number of hydrogen-bond acceptors (Lipinski definition) is 4. The summed E-state index contributed by atoms with van der Waals surface area (Å²) in [4.78, 5) is 28.0. The lowest BCUT2D eigenvalue weighted by Crippen LogP contribution is -2.52. The highest BCUT2D eigenvalue weighted by Crippen LogP contribution is 2.38. The third-order valence-corrected chi connectivity index (χ3v) is 5.64. The molecule has 0 saturated carbocycles. The quantitative estimate of drug-likeness (QED) is 0.711. The number of ether oxygens (including phenoxy) is 1. The Bertz CT molecular complexity index is 980. The Balaban J connectivity index is 1.94. The highest BCUT2D eigenvalue weighted by molar-refractivity contribution is 6.05. The predicted molar refractivity (Wildman–Crippen MR) is 116 cm³/mol. The molecule has 2 aromatic rings. The number of benzene rings is 2. The van der Waals surface area contributed by atoms with Gasteiger partial charge in [-0.15, -0.1) is 0 Å². The first-order valence-corrected chi connectivity index (χ1v) is 10.3. The number of nitrogens with one attached hydrogen (secondary N) is 1. The van der Waals surface area contributed by atoms with E-state index in [1.807, 2.05) is 32.0 Å². The lowest BCUT2D eigenvalue weighted by atomic mass is 10.1. The largest absolute Gasteiger partial charge is 0.497 e. The maximum atomic E-state index is 13.9. The molecule has 0 fully saturated rings. The van der Waals surface area contributed by atoms with Crippen molar-refractivity contribution in [3.05, 3.63) is 54.1 Å². The number of halogens is 3. The van der Waals surface area contributed by atoms with Gasteiger partial charge in [-0.05, 0) is 43.3 Å². The summed E-state index contributed by atoms with van der Waals surface area (Å²) in [7, 11) is 1.55. The van der Waals surface area contributed by atoms with Crippen molar-refractivity contribution in [1.82, 2.24) is 4.90 Å². The third kappa shape index (κ3) is 5.04. The number of anilines is 2. The number of likely N-dealkylation sites (N-methyl/N-ethyl adjacent to an activating group) is 1. The van der Waals surface area contributed by atoms with E-state index in [-0.39, 0.29) is 24.0 Å². The van der Waals surface area contributed by atoms with E-state index in [0.29, 0.717) is 17.2 Å². The number of rotatable bonds is 6. The minimum absolute atomic E-state index is 0.0377. The minimum Gasteiger partial charge on any atom is -0.497 e. The molecule has 2 aromatic carbocycles. The fourth-order valence-electron chi connectivity index (χ4n) is 3.88. The van der Waals surface area contributed by atoms with Gasteiger partial charge >= 0.3 is 6.18 Å². The Hall–Kier alpha value is -3.07. The molecule has 9 heteroatoms. The topological polar surface area (TPSA) is 61.9 Å². The van der Waals surface area contributed by atoms with E-state index in [0.717, 1.165) is 5.56 Å². The van der Waals surface area contributed by atoms with Gasteiger partial charge in [-0.2, -0.15) is 13.2 Å². The number of nitrogens with zero attached hydrogens (tertiary/aromatic N) is 2. The van der Waals surface area contributed by atoms with Gasteiger partial charge in [-0.25, -0.2) is 0 Å². The molecule has 2 amide bonds. The average Bonchev–Trinajstić information content (AvgIpc) is 2.92. The zero-order valence-corrected chi connectivity index (χ0v) is 18.1. The van der Waals surface area contributed by atoms with Gasteiger partial charge in [-0.1, -0.05) is 31.2 Å². The number of hydrogen-bond donors (Lipinski definition) is 1. The Morgan fingerprint density at radius 3 is 2.62 bits per heavy atom. The number of fused-ring (bicyclic) bond motifs is 1. The van der Waals surface area contributed by atoms with Crippen molar-refractivity contribution < 1.29 is 27.5 Å². The second-order valence-electron chi connectivity index (χ2n) is 7.61.